The minimum Gasteiger partial charge on any atom is -0.477 e. The van der Waals surface area contributed by atoms with Crippen LogP contribution < -0.4 is 0 Å². The molecule has 2 atom stereocenters. The predicted octanol–water partition coefficient (Wildman–Crippen LogP) is 20.1. The molecule has 0 fully saturated rings. The Morgan fingerprint density at radius 2 is 0.651 bits per heavy atom. The first-order chi connectivity index (χ1) is 40.6. The Morgan fingerprint density at radius 1 is 0.361 bits per heavy atom. The molecule has 9 heteroatoms. The molecule has 0 saturated carbocycles. The highest BCUT2D eigenvalue weighted by Gasteiger charge is 2.25. The maximum Gasteiger partial charge on any atom is 0.361 e. The molecule has 2 unspecified atom stereocenters. The second-order valence-corrected chi connectivity index (χ2v) is 22.3. The molecule has 0 heterocycles. The first-order valence-electron chi connectivity index (χ1n) is 32.6. The molecule has 0 aromatic rings. The van der Waals surface area contributed by atoms with Crippen molar-refractivity contribution < 1.29 is 42.9 Å². The molecule has 0 radical (unpaired) electrons. The second kappa shape index (κ2) is 62.9. The normalized spacial score (nSPS) is 13.8. The summed E-state index contributed by atoms with van der Waals surface area (Å²) in [5.74, 6) is -2.04. The van der Waals surface area contributed by atoms with Gasteiger partial charge >= 0.3 is 17.9 Å². The fourth-order valence-electron chi connectivity index (χ4n) is 8.35. The number of aliphatic carboxylic acids is 1. The number of hydrogen-bond donors (Lipinski definition) is 1. The summed E-state index contributed by atoms with van der Waals surface area (Å²) in [4.78, 5) is 37.6. The lowest BCUT2D eigenvalue weighted by Crippen LogP contribution is -2.40. The van der Waals surface area contributed by atoms with Crippen LogP contribution in [0.2, 0.25) is 0 Å². The number of carbonyl (C=O) groups is 3. The van der Waals surface area contributed by atoms with Gasteiger partial charge in [0.2, 0.25) is 0 Å². The zero-order valence-electron chi connectivity index (χ0n) is 53.3. The van der Waals surface area contributed by atoms with Gasteiger partial charge in [-0.2, -0.15) is 0 Å². The van der Waals surface area contributed by atoms with E-state index < -0.39 is 24.3 Å². The van der Waals surface area contributed by atoms with Gasteiger partial charge in [0.05, 0.1) is 34.4 Å². The van der Waals surface area contributed by atoms with E-state index in [4.69, 9.17) is 18.9 Å². The third-order valence-electron chi connectivity index (χ3n) is 13.3. The first-order valence-corrected chi connectivity index (χ1v) is 32.6. The molecule has 0 aliphatic carbocycles. The van der Waals surface area contributed by atoms with Crippen molar-refractivity contribution in [3.63, 3.8) is 0 Å². The van der Waals surface area contributed by atoms with Gasteiger partial charge in [0.25, 0.3) is 6.29 Å². The molecular formula is C74H120NO8+. The van der Waals surface area contributed by atoms with E-state index in [1.54, 1.807) is 0 Å². The Labute approximate surface area is 508 Å². The number of carboxylic acids is 1. The van der Waals surface area contributed by atoms with Crippen molar-refractivity contribution in [1.29, 1.82) is 0 Å². The molecule has 0 spiro atoms. The molecule has 0 aromatic heterocycles. The summed E-state index contributed by atoms with van der Waals surface area (Å²) in [5.41, 5.74) is 0. The Kier molecular flexibility index (Phi) is 59.1. The number of carboxylic acid groups (broad SMARTS) is 1. The van der Waals surface area contributed by atoms with Crippen molar-refractivity contribution in [2.75, 3.05) is 47.5 Å². The number of rotatable bonds is 58. The van der Waals surface area contributed by atoms with E-state index in [2.05, 4.69) is 172 Å². The van der Waals surface area contributed by atoms with Crippen LogP contribution in [0, 0.1) is 0 Å². The number of hydrogen-bond acceptors (Lipinski definition) is 7. The van der Waals surface area contributed by atoms with E-state index in [9.17, 15) is 19.5 Å². The van der Waals surface area contributed by atoms with E-state index in [1.807, 2.05) is 21.1 Å². The number of likely N-dealkylation sites (N-methyl/N-ethyl adjacent to an activating group) is 1. The van der Waals surface area contributed by atoms with Gasteiger partial charge in [-0.05, 0) is 122 Å². The van der Waals surface area contributed by atoms with Gasteiger partial charge in [-0.1, -0.05) is 255 Å². The summed E-state index contributed by atoms with van der Waals surface area (Å²) in [6, 6.07) is 0. The molecule has 468 valence electrons. The minimum atomic E-state index is -1.53. The van der Waals surface area contributed by atoms with Crippen LogP contribution in [0.4, 0.5) is 0 Å². The number of quaternary nitrogens is 1. The summed E-state index contributed by atoms with van der Waals surface area (Å²) >= 11 is 0. The third kappa shape index (κ3) is 64.3. The molecular weight excluding hydrogens is 1030 g/mol. The van der Waals surface area contributed by atoms with Crippen LogP contribution >= 0.6 is 0 Å². The highest BCUT2D eigenvalue weighted by Crippen LogP contribution is 2.15. The maximum absolute atomic E-state index is 12.9. The van der Waals surface area contributed by atoms with Gasteiger partial charge in [0, 0.05) is 12.8 Å². The smallest absolute Gasteiger partial charge is 0.361 e. The van der Waals surface area contributed by atoms with Gasteiger partial charge in [-0.25, -0.2) is 4.79 Å². The fraction of sp³-hybridized carbons (Fsp3) is 0.608. The van der Waals surface area contributed by atoms with Crippen LogP contribution in [-0.2, 0) is 33.3 Å². The van der Waals surface area contributed by atoms with Crippen molar-refractivity contribution in [2.45, 2.75) is 245 Å². The van der Waals surface area contributed by atoms with Crippen LogP contribution in [0.3, 0.4) is 0 Å². The van der Waals surface area contributed by atoms with Gasteiger partial charge in [-0.3, -0.25) is 9.59 Å². The summed E-state index contributed by atoms with van der Waals surface area (Å²) in [7, 11) is 5.96. The molecule has 0 rings (SSSR count). The van der Waals surface area contributed by atoms with Crippen molar-refractivity contribution in [3.05, 3.63) is 158 Å². The molecule has 0 saturated heterocycles. The average Bonchev–Trinajstić information content (AvgIpc) is 3.46. The average molecular weight is 1150 g/mol. The predicted molar refractivity (Wildman–Crippen MR) is 354 cm³/mol. The van der Waals surface area contributed by atoms with Crippen molar-refractivity contribution in [2.24, 2.45) is 0 Å². The molecule has 9 nitrogen and oxygen atoms in total. The topological polar surface area (TPSA) is 108 Å². The molecule has 0 amide bonds. The lowest BCUT2D eigenvalue weighted by molar-refractivity contribution is -0.870. The van der Waals surface area contributed by atoms with Crippen LogP contribution in [-0.4, -0.2) is 87.4 Å². The second-order valence-electron chi connectivity index (χ2n) is 22.3. The number of unbranched alkanes of at least 4 members (excludes halogenated alkanes) is 17. The van der Waals surface area contributed by atoms with Crippen LogP contribution in [0.15, 0.2) is 158 Å². The van der Waals surface area contributed by atoms with Crippen LogP contribution in [0.1, 0.15) is 232 Å². The quantitative estimate of drug-likeness (QED) is 0.0211. The standard InChI is InChI=1S/C74H119NO8/c1-6-8-10-12-14-16-18-20-22-24-26-28-30-32-34-35-36-37-39-41-43-45-47-49-51-53-55-57-59-61-63-65-72(77)83-70(69-82-74(73(78)79)80-67-66-75(3,4)5)68-81-71(76)64-62-60-58-56-54-52-50-48-46-44-42-40-38-33-31-29-27-25-23-21-19-17-15-13-11-9-7-2/h8-11,14-17,20-23,26-29,32-34,36-38,41,43,47,49,70,74H,6-7,12-13,18-19,24-25,30-31,35,39-40,42,44-46,48,50-69H2,1-5H3/p+1/b10-8-,11-9-,16-14-,17-15-,22-20-,23-21-,28-26-,29-27-,34-32-,37-36-,38-33-,43-41-,49-47-. The van der Waals surface area contributed by atoms with Crippen molar-refractivity contribution in [3.8, 4) is 0 Å². The monoisotopic (exact) mass is 1150 g/mol. The Hall–Kier alpha value is -5.09. The van der Waals surface area contributed by atoms with Crippen LogP contribution in [0.5, 0.6) is 0 Å². The lowest BCUT2D eigenvalue weighted by Gasteiger charge is -2.25. The fourth-order valence-corrected chi connectivity index (χ4v) is 8.35. The minimum absolute atomic E-state index is 0.175. The molecule has 1 N–H and O–H groups in total. The van der Waals surface area contributed by atoms with E-state index in [1.165, 1.54) is 51.4 Å². The summed E-state index contributed by atoms with van der Waals surface area (Å²) in [6.45, 7) is 4.61. The van der Waals surface area contributed by atoms with Gasteiger partial charge in [-0.15, -0.1) is 0 Å². The summed E-state index contributed by atoms with van der Waals surface area (Å²) in [6.07, 6.45) is 90.4. The zero-order valence-corrected chi connectivity index (χ0v) is 53.3. The van der Waals surface area contributed by atoms with E-state index >= 15 is 0 Å². The molecule has 0 bridgehead atoms. The van der Waals surface area contributed by atoms with E-state index in [0.717, 1.165) is 148 Å². The van der Waals surface area contributed by atoms with Crippen molar-refractivity contribution >= 4 is 17.9 Å². The highest BCUT2D eigenvalue weighted by molar-refractivity contribution is 5.71. The van der Waals surface area contributed by atoms with Gasteiger partial charge in [0.1, 0.15) is 13.2 Å². The van der Waals surface area contributed by atoms with Gasteiger partial charge in [0.15, 0.2) is 6.10 Å². The van der Waals surface area contributed by atoms with Crippen LogP contribution in [0.25, 0.3) is 0 Å². The third-order valence-corrected chi connectivity index (χ3v) is 13.3. The van der Waals surface area contributed by atoms with Crippen molar-refractivity contribution in [1.82, 2.24) is 0 Å². The number of esters is 2. The molecule has 0 aliphatic heterocycles. The SMILES string of the molecule is CC/C=C\C/C=C\C/C=C\C/C=C\C/C=C\C/C=C\C/C=C\C/C=C\CCCCCCCCC(=O)OC(COC(=O)CCCCCCCCCCCCC/C=C\C/C=C\C/C=C\C/C=C\C/C=C\CC)COC(OCC[N+](C)(C)C)C(=O)O. The number of carbonyl (C=O) groups excluding carboxylic acids is 2. The highest BCUT2D eigenvalue weighted by atomic mass is 16.7. The Balaban J connectivity index is 4.27. The maximum atomic E-state index is 12.9. The Bertz CT molecular complexity index is 1920. The van der Waals surface area contributed by atoms with E-state index in [0.29, 0.717) is 17.4 Å². The lowest BCUT2D eigenvalue weighted by atomic mass is 10.0. The largest absolute Gasteiger partial charge is 0.477 e. The number of allylic oxidation sites excluding steroid dienone is 26. The molecule has 83 heavy (non-hydrogen) atoms. The number of ether oxygens (including phenoxy) is 4. The Morgan fingerprint density at radius 3 is 0.964 bits per heavy atom. The summed E-state index contributed by atoms with van der Waals surface area (Å²) < 4.78 is 22.9. The molecule has 0 aromatic carbocycles. The number of nitrogens with zero attached hydrogens (tertiary/aromatic N) is 1. The molecule has 0 aliphatic rings. The first kappa shape index (κ1) is 77.9. The summed E-state index contributed by atoms with van der Waals surface area (Å²) in [5, 5.41) is 9.74. The van der Waals surface area contributed by atoms with E-state index in [-0.39, 0.29) is 38.6 Å². The van der Waals surface area contributed by atoms with Gasteiger partial charge < -0.3 is 28.5 Å². The zero-order chi connectivity index (χ0) is 60.5.